The summed E-state index contributed by atoms with van der Waals surface area (Å²) in [6.07, 6.45) is 0. The van der Waals surface area contributed by atoms with Crippen LogP contribution in [0.25, 0.3) is 0 Å². The molecule has 6 heteroatoms. The first kappa shape index (κ1) is 15.9. The van der Waals surface area contributed by atoms with Crippen LogP contribution in [0.4, 0.5) is 4.39 Å². The first-order chi connectivity index (χ1) is 9.73. The van der Waals surface area contributed by atoms with Crippen LogP contribution in [-0.2, 0) is 11.3 Å². The van der Waals surface area contributed by atoms with Gasteiger partial charge in [-0.3, -0.25) is 9.69 Å². The molecule has 0 aromatic heterocycles. The first-order valence-electron chi connectivity index (χ1n) is 6.82. The Hall–Kier alpha value is -1.53. The lowest BCUT2D eigenvalue weighted by atomic mass is 9.96. The summed E-state index contributed by atoms with van der Waals surface area (Å²) in [5.74, 6) is -0.328. The second-order valence-corrected chi connectivity index (χ2v) is 6.33. The number of halogens is 1. The SMILES string of the molecule is CN1CCN(Cc2ccc(F)c(C(N)=S)c2)C(C)(C)C1=O. The van der Waals surface area contributed by atoms with Crippen LogP contribution in [-0.4, -0.2) is 46.4 Å². The number of thiocarbonyl (C=S) groups is 1. The summed E-state index contributed by atoms with van der Waals surface area (Å²) < 4.78 is 13.6. The number of benzene rings is 1. The van der Waals surface area contributed by atoms with E-state index in [1.165, 1.54) is 6.07 Å². The van der Waals surface area contributed by atoms with Crippen molar-refractivity contribution in [3.63, 3.8) is 0 Å². The van der Waals surface area contributed by atoms with E-state index in [-0.39, 0.29) is 16.5 Å². The molecule has 1 aliphatic heterocycles. The van der Waals surface area contributed by atoms with Crippen molar-refractivity contribution in [2.45, 2.75) is 25.9 Å². The molecule has 2 N–H and O–H groups in total. The fourth-order valence-corrected chi connectivity index (χ4v) is 2.77. The highest BCUT2D eigenvalue weighted by atomic mass is 32.1. The Bertz CT molecular complexity index is 588. The highest BCUT2D eigenvalue weighted by Crippen LogP contribution is 2.24. The molecular weight excluding hydrogens is 289 g/mol. The van der Waals surface area contributed by atoms with Crippen molar-refractivity contribution >= 4 is 23.1 Å². The van der Waals surface area contributed by atoms with Gasteiger partial charge in [0, 0.05) is 32.2 Å². The maximum Gasteiger partial charge on any atom is 0.242 e. The van der Waals surface area contributed by atoms with Crippen molar-refractivity contribution < 1.29 is 9.18 Å². The van der Waals surface area contributed by atoms with E-state index in [0.717, 1.165) is 12.1 Å². The Morgan fingerprint density at radius 1 is 1.43 bits per heavy atom. The molecule has 0 aliphatic carbocycles. The standard InChI is InChI=1S/C15H20FN3OS/c1-15(2)14(20)18(3)6-7-19(15)9-10-4-5-12(16)11(8-10)13(17)21/h4-5,8H,6-7,9H2,1-3H3,(H2,17,21). The van der Waals surface area contributed by atoms with E-state index in [4.69, 9.17) is 18.0 Å². The summed E-state index contributed by atoms with van der Waals surface area (Å²) in [4.78, 5) is 16.1. The molecule has 1 saturated heterocycles. The van der Waals surface area contributed by atoms with Crippen LogP contribution in [0.3, 0.4) is 0 Å². The minimum absolute atomic E-state index is 0.0445. The third kappa shape index (κ3) is 3.06. The quantitative estimate of drug-likeness (QED) is 0.860. The Labute approximate surface area is 129 Å². The van der Waals surface area contributed by atoms with Crippen molar-refractivity contribution in [2.24, 2.45) is 5.73 Å². The average molecular weight is 309 g/mol. The van der Waals surface area contributed by atoms with Gasteiger partial charge in [-0.05, 0) is 31.5 Å². The first-order valence-corrected chi connectivity index (χ1v) is 7.23. The molecule has 0 saturated carbocycles. The predicted octanol–water partition coefficient (Wildman–Crippen LogP) is 1.51. The molecule has 2 rings (SSSR count). The van der Waals surface area contributed by atoms with Crippen LogP contribution in [0.1, 0.15) is 25.0 Å². The van der Waals surface area contributed by atoms with Crippen LogP contribution in [0, 0.1) is 5.82 Å². The minimum Gasteiger partial charge on any atom is -0.389 e. The Balaban J connectivity index is 2.24. The number of carbonyl (C=O) groups is 1. The molecule has 21 heavy (non-hydrogen) atoms. The zero-order valence-corrected chi connectivity index (χ0v) is 13.3. The van der Waals surface area contributed by atoms with E-state index in [1.54, 1.807) is 17.0 Å². The summed E-state index contributed by atoms with van der Waals surface area (Å²) in [6, 6.07) is 4.74. The Morgan fingerprint density at radius 3 is 2.71 bits per heavy atom. The summed E-state index contributed by atoms with van der Waals surface area (Å²) in [7, 11) is 1.81. The summed E-state index contributed by atoms with van der Waals surface area (Å²) in [5.41, 5.74) is 6.09. The molecule has 1 aromatic carbocycles. The normalized spacial score (nSPS) is 18.9. The van der Waals surface area contributed by atoms with Gasteiger partial charge in [0.1, 0.15) is 10.8 Å². The lowest BCUT2D eigenvalue weighted by Crippen LogP contribution is -2.61. The molecule has 4 nitrogen and oxygen atoms in total. The lowest BCUT2D eigenvalue weighted by molar-refractivity contribution is -0.147. The molecule has 1 fully saturated rings. The molecule has 1 amide bonds. The zero-order valence-electron chi connectivity index (χ0n) is 12.5. The number of piperazine rings is 1. The number of carbonyl (C=O) groups excluding carboxylic acids is 1. The van der Waals surface area contributed by atoms with E-state index in [2.05, 4.69) is 4.90 Å². The van der Waals surface area contributed by atoms with Crippen molar-refractivity contribution in [1.82, 2.24) is 9.80 Å². The van der Waals surface area contributed by atoms with Crippen molar-refractivity contribution in [3.05, 3.63) is 35.1 Å². The molecule has 1 heterocycles. The van der Waals surface area contributed by atoms with E-state index in [1.807, 2.05) is 20.9 Å². The number of amides is 1. The number of hydrogen-bond acceptors (Lipinski definition) is 3. The van der Waals surface area contributed by atoms with Crippen LogP contribution >= 0.6 is 12.2 Å². The highest BCUT2D eigenvalue weighted by molar-refractivity contribution is 7.80. The molecule has 114 valence electrons. The Morgan fingerprint density at radius 2 is 2.10 bits per heavy atom. The van der Waals surface area contributed by atoms with E-state index >= 15 is 0 Å². The number of nitrogens with zero attached hydrogens (tertiary/aromatic N) is 2. The number of rotatable bonds is 3. The van der Waals surface area contributed by atoms with Gasteiger partial charge in [0.05, 0.1) is 5.54 Å². The van der Waals surface area contributed by atoms with E-state index in [9.17, 15) is 9.18 Å². The van der Waals surface area contributed by atoms with Gasteiger partial charge < -0.3 is 10.6 Å². The van der Waals surface area contributed by atoms with Crippen LogP contribution < -0.4 is 5.73 Å². The summed E-state index contributed by atoms with van der Waals surface area (Å²) in [5, 5.41) is 0. The van der Waals surface area contributed by atoms with E-state index in [0.29, 0.717) is 13.1 Å². The maximum absolute atomic E-state index is 13.6. The second-order valence-electron chi connectivity index (χ2n) is 5.89. The van der Waals surface area contributed by atoms with Gasteiger partial charge in [-0.2, -0.15) is 0 Å². The lowest BCUT2D eigenvalue weighted by Gasteiger charge is -2.44. The van der Waals surface area contributed by atoms with Gasteiger partial charge in [0.25, 0.3) is 0 Å². The third-order valence-corrected chi connectivity index (χ3v) is 4.26. The third-order valence-electron chi connectivity index (χ3n) is 4.04. The summed E-state index contributed by atoms with van der Waals surface area (Å²) >= 11 is 4.86. The highest BCUT2D eigenvalue weighted by Gasteiger charge is 2.40. The van der Waals surface area contributed by atoms with Crippen molar-refractivity contribution in [3.8, 4) is 0 Å². The molecule has 0 spiro atoms. The van der Waals surface area contributed by atoms with Crippen LogP contribution in [0.15, 0.2) is 18.2 Å². The Kier molecular flexibility index (Phi) is 4.30. The van der Waals surface area contributed by atoms with Gasteiger partial charge in [-0.15, -0.1) is 0 Å². The fourth-order valence-electron chi connectivity index (χ4n) is 2.61. The van der Waals surface area contributed by atoms with Crippen LogP contribution in [0.5, 0.6) is 0 Å². The van der Waals surface area contributed by atoms with Gasteiger partial charge in [-0.1, -0.05) is 18.3 Å². The van der Waals surface area contributed by atoms with Gasteiger partial charge in [0.15, 0.2) is 0 Å². The van der Waals surface area contributed by atoms with Crippen molar-refractivity contribution in [1.29, 1.82) is 0 Å². The average Bonchev–Trinajstić information content (AvgIpc) is 2.41. The van der Waals surface area contributed by atoms with E-state index < -0.39 is 11.4 Å². The smallest absolute Gasteiger partial charge is 0.242 e. The molecule has 0 unspecified atom stereocenters. The molecule has 1 aliphatic rings. The second kappa shape index (κ2) is 5.69. The monoisotopic (exact) mass is 309 g/mol. The number of hydrogen-bond donors (Lipinski definition) is 1. The maximum atomic E-state index is 13.6. The molecule has 0 bridgehead atoms. The topological polar surface area (TPSA) is 49.6 Å². The minimum atomic E-state index is -0.579. The number of likely N-dealkylation sites (N-methyl/N-ethyl adjacent to an activating group) is 1. The fraction of sp³-hybridized carbons (Fsp3) is 0.467. The molecular formula is C15H20FN3OS. The van der Waals surface area contributed by atoms with Gasteiger partial charge >= 0.3 is 0 Å². The van der Waals surface area contributed by atoms with Gasteiger partial charge in [0.2, 0.25) is 5.91 Å². The molecule has 0 atom stereocenters. The van der Waals surface area contributed by atoms with Gasteiger partial charge in [-0.25, -0.2) is 4.39 Å². The predicted molar refractivity (Wildman–Crippen MR) is 84.4 cm³/mol. The molecule has 1 aromatic rings. The zero-order chi connectivity index (χ0) is 15.8. The largest absolute Gasteiger partial charge is 0.389 e. The molecule has 0 radical (unpaired) electrons. The van der Waals surface area contributed by atoms with Crippen molar-refractivity contribution in [2.75, 3.05) is 20.1 Å². The van der Waals surface area contributed by atoms with Crippen LogP contribution in [0.2, 0.25) is 0 Å². The number of nitrogens with two attached hydrogens (primary N) is 1. The summed E-state index contributed by atoms with van der Waals surface area (Å²) in [6.45, 7) is 5.83.